The Morgan fingerprint density at radius 1 is 1.04 bits per heavy atom. The van der Waals surface area contributed by atoms with Crippen LogP contribution < -0.4 is 10.6 Å². The van der Waals surface area contributed by atoms with Gasteiger partial charge < -0.3 is 10.6 Å². The SMILES string of the molecule is Cc1ccc(Nc2ccc(NC(=O)Cc3cccs3)nn2)cc1C. The Morgan fingerprint density at radius 2 is 1.83 bits per heavy atom. The smallest absolute Gasteiger partial charge is 0.230 e. The van der Waals surface area contributed by atoms with Crippen molar-refractivity contribution in [3.8, 4) is 0 Å². The fourth-order valence-corrected chi connectivity index (χ4v) is 2.89. The van der Waals surface area contributed by atoms with E-state index in [-0.39, 0.29) is 5.91 Å². The van der Waals surface area contributed by atoms with Crippen molar-refractivity contribution in [2.45, 2.75) is 20.3 Å². The Kier molecular flexibility index (Phi) is 4.86. The van der Waals surface area contributed by atoms with Gasteiger partial charge in [-0.25, -0.2) is 0 Å². The number of hydrogen-bond acceptors (Lipinski definition) is 5. The van der Waals surface area contributed by atoms with E-state index in [1.807, 2.05) is 23.6 Å². The van der Waals surface area contributed by atoms with E-state index in [4.69, 9.17) is 0 Å². The number of carbonyl (C=O) groups excluding carboxylic acids is 1. The van der Waals surface area contributed by atoms with Gasteiger partial charge in [0.05, 0.1) is 6.42 Å². The number of hydrogen-bond donors (Lipinski definition) is 2. The van der Waals surface area contributed by atoms with Crippen LogP contribution in [0.15, 0.2) is 47.8 Å². The van der Waals surface area contributed by atoms with E-state index in [9.17, 15) is 4.79 Å². The molecular formula is C18H18N4OS. The third-order valence-electron chi connectivity index (χ3n) is 3.63. The van der Waals surface area contributed by atoms with Gasteiger partial charge >= 0.3 is 0 Å². The molecule has 5 nitrogen and oxygen atoms in total. The Labute approximate surface area is 144 Å². The number of amides is 1. The summed E-state index contributed by atoms with van der Waals surface area (Å²) in [6.07, 6.45) is 0.349. The van der Waals surface area contributed by atoms with Crippen molar-refractivity contribution >= 4 is 34.6 Å². The Morgan fingerprint density at radius 3 is 2.50 bits per heavy atom. The Bertz CT molecular complexity index is 829. The maximum Gasteiger partial charge on any atom is 0.230 e. The average Bonchev–Trinajstić information content (AvgIpc) is 3.06. The molecule has 0 saturated carbocycles. The van der Waals surface area contributed by atoms with Gasteiger partial charge in [0, 0.05) is 10.6 Å². The maximum atomic E-state index is 11.9. The van der Waals surface area contributed by atoms with Crippen molar-refractivity contribution in [3.63, 3.8) is 0 Å². The first kappa shape index (κ1) is 16.1. The fraction of sp³-hybridized carbons (Fsp3) is 0.167. The van der Waals surface area contributed by atoms with Crippen LogP contribution in [-0.4, -0.2) is 16.1 Å². The maximum absolute atomic E-state index is 11.9. The minimum absolute atomic E-state index is 0.0957. The van der Waals surface area contributed by atoms with Gasteiger partial charge in [0.25, 0.3) is 0 Å². The lowest BCUT2D eigenvalue weighted by Gasteiger charge is -2.08. The van der Waals surface area contributed by atoms with E-state index in [1.54, 1.807) is 23.5 Å². The number of aromatic nitrogens is 2. The fourth-order valence-electron chi connectivity index (χ4n) is 2.19. The molecule has 3 aromatic rings. The molecule has 6 heteroatoms. The average molecular weight is 338 g/mol. The number of nitrogens with one attached hydrogen (secondary N) is 2. The molecular weight excluding hydrogens is 320 g/mol. The second-order valence-electron chi connectivity index (χ2n) is 5.53. The number of carbonyl (C=O) groups is 1. The topological polar surface area (TPSA) is 66.9 Å². The van der Waals surface area contributed by atoms with Crippen LogP contribution in [0.3, 0.4) is 0 Å². The number of anilines is 3. The number of rotatable bonds is 5. The third kappa shape index (κ3) is 4.17. The standard InChI is InChI=1S/C18H18N4OS/c1-12-5-6-14(10-13(12)2)19-16-7-8-17(22-21-16)20-18(23)11-15-4-3-9-24-15/h3-10H,11H2,1-2H3,(H,19,21)(H,20,22,23). The first-order valence-corrected chi connectivity index (χ1v) is 8.48. The number of benzene rings is 1. The van der Waals surface area contributed by atoms with Gasteiger partial charge in [-0.2, -0.15) is 0 Å². The first-order valence-electron chi connectivity index (χ1n) is 7.60. The lowest BCUT2D eigenvalue weighted by Crippen LogP contribution is -2.15. The molecule has 2 N–H and O–H groups in total. The van der Waals surface area contributed by atoms with Crippen LogP contribution in [0.2, 0.25) is 0 Å². The van der Waals surface area contributed by atoms with Crippen molar-refractivity contribution < 1.29 is 4.79 Å². The zero-order valence-electron chi connectivity index (χ0n) is 13.5. The van der Waals surface area contributed by atoms with Gasteiger partial charge in [0.2, 0.25) is 5.91 Å². The molecule has 0 aliphatic heterocycles. The highest BCUT2D eigenvalue weighted by atomic mass is 32.1. The molecule has 122 valence electrons. The highest BCUT2D eigenvalue weighted by Crippen LogP contribution is 2.18. The predicted molar refractivity (Wildman–Crippen MR) is 97.9 cm³/mol. The highest BCUT2D eigenvalue weighted by Gasteiger charge is 2.06. The minimum Gasteiger partial charge on any atom is -0.339 e. The molecule has 0 atom stereocenters. The molecule has 1 aromatic carbocycles. The normalized spacial score (nSPS) is 10.4. The van der Waals surface area contributed by atoms with E-state index in [1.165, 1.54) is 11.1 Å². The van der Waals surface area contributed by atoms with E-state index in [2.05, 4.69) is 46.8 Å². The molecule has 0 unspecified atom stereocenters. The molecule has 0 aliphatic carbocycles. The van der Waals surface area contributed by atoms with Crippen LogP contribution in [-0.2, 0) is 11.2 Å². The second kappa shape index (κ2) is 7.23. The van der Waals surface area contributed by atoms with Gasteiger partial charge in [0.1, 0.15) is 0 Å². The Balaban J connectivity index is 1.60. The molecule has 24 heavy (non-hydrogen) atoms. The Hall–Kier alpha value is -2.73. The summed E-state index contributed by atoms with van der Waals surface area (Å²) in [5.74, 6) is 0.985. The van der Waals surface area contributed by atoms with Gasteiger partial charge in [-0.05, 0) is 60.7 Å². The monoisotopic (exact) mass is 338 g/mol. The molecule has 0 aliphatic rings. The lowest BCUT2D eigenvalue weighted by molar-refractivity contribution is -0.115. The molecule has 0 spiro atoms. The summed E-state index contributed by atoms with van der Waals surface area (Å²) < 4.78 is 0. The number of nitrogens with zero attached hydrogens (tertiary/aromatic N) is 2. The lowest BCUT2D eigenvalue weighted by atomic mass is 10.1. The summed E-state index contributed by atoms with van der Waals surface area (Å²) in [5.41, 5.74) is 3.42. The van der Waals surface area contributed by atoms with Gasteiger partial charge in [0.15, 0.2) is 11.6 Å². The third-order valence-corrected chi connectivity index (χ3v) is 4.50. The van der Waals surface area contributed by atoms with Crippen LogP contribution in [0, 0.1) is 13.8 Å². The van der Waals surface area contributed by atoms with Gasteiger partial charge in [-0.15, -0.1) is 21.5 Å². The predicted octanol–water partition coefficient (Wildman–Crippen LogP) is 4.08. The summed E-state index contributed by atoms with van der Waals surface area (Å²) in [6, 6.07) is 13.5. The van der Waals surface area contributed by atoms with Crippen LogP contribution in [0.25, 0.3) is 0 Å². The molecule has 0 radical (unpaired) electrons. The van der Waals surface area contributed by atoms with E-state index in [0.29, 0.717) is 18.1 Å². The summed E-state index contributed by atoms with van der Waals surface area (Å²) >= 11 is 1.56. The number of aryl methyl sites for hydroxylation is 2. The van der Waals surface area contributed by atoms with Gasteiger partial charge in [-0.3, -0.25) is 4.79 Å². The van der Waals surface area contributed by atoms with Crippen LogP contribution >= 0.6 is 11.3 Å². The quantitative estimate of drug-likeness (QED) is 0.735. The minimum atomic E-state index is -0.0957. The molecule has 0 bridgehead atoms. The van der Waals surface area contributed by atoms with Crippen molar-refractivity contribution in [2.24, 2.45) is 0 Å². The van der Waals surface area contributed by atoms with Crippen molar-refractivity contribution in [1.82, 2.24) is 10.2 Å². The molecule has 2 heterocycles. The summed E-state index contributed by atoms with van der Waals surface area (Å²) in [7, 11) is 0. The second-order valence-corrected chi connectivity index (χ2v) is 6.56. The largest absolute Gasteiger partial charge is 0.339 e. The summed E-state index contributed by atoms with van der Waals surface area (Å²) in [4.78, 5) is 13.0. The van der Waals surface area contributed by atoms with E-state index < -0.39 is 0 Å². The molecule has 2 aromatic heterocycles. The molecule has 1 amide bonds. The van der Waals surface area contributed by atoms with Crippen molar-refractivity contribution in [3.05, 3.63) is 63.8 Å². The van der Waals surface area contributed by atoms with Crippen molar-refractivity contribution in [2.75, 3.05) is 10.6 Å². The molecule has 0 fully saturated rings. The highest BCUT2D eigenvalue weighted by molar-refractivity contribution is 7.10. The zero-order chi connectivity index (χ0) is 16.9. The van der Waals surface area contributed by atoms with Crippen LogP contribution in [0.4, 0.5) is 17.3 Å². The van der Waals surface area contributed by atoms with Crippen LogP contribution in [0.1, 0.15) is 16.0 Å². The van der Waals surface area contributed by atoms with Crippen molar-refractivity contribution in [1.29, 1.82) is 0 Å². The molecule has 3 rings (SSSR count). The first-order chi connectivity index (χ1) is 11.6. The summed E-state index contributed by atoms with van der Waals surface area (Å²) in [5, 5.41) is 16.1. The summed E-state index contributed by atoms with van der Waals surface area (Å²) in [6.45, 7) is 4.14. The number of thiophene rings is 1. The van der Waals surface area contributed by atoms with Crippen LogP contribution in [0.5, 0.6) is 0 Å². The van der Waals surface area contributed by atoms with E-state index >= 15 is 0 Å². The molecule has 0 saturated heterocycles. The zero-order valence-corrected chi connectivity index (χ0v) is 14.4. The van der Waals surface area contributed by atoms with Gasteiger partial charge in [-0.1, -0.05) is 12.1 Å². The van der Waals surface area contributed by atoms with E-state index in [0.717, 1.165) is 10.6 Å².